The summed E-state index contributed by atoms with van der Waals surface area (Å²) in [4.78, 5) is 14.4. The molecule has 0 N–H and O–H groups in total. The molecule has 0 bridgehead atoms. The minimum atomic E-state index is -4.09. The van der Waals surface area contributed by atoms with E-state index in [0.29, 0.717) is 0 Å². The molecule has 0 fully saturated rings. The molecule has 1 rings (SSSR count). The molecule has 1 atom stereocenters. The molecule has 0 aromatic carbocycles. The zero-order valence-electron chi connectivity index (χ0n) is 8.65. The third-order valence-corrected chi connectivity index (χ3v) is 3.05. The maximum Gasteiger partial charge on any atom is 0.422 e. The number of carbonyl (C=O) groups excluding carboxylic acids is 1. The quantitative estimate of drug-likeness (QED) is 0.739. The van der Waals surface area contributed by atoms with Crippen LogP contribution in [0, 0.1) is 0 Å². The highest BCUT2D eigenvalue weighted by molar-refractivity contribution is 7.86. The fraction of sp³-hybridized carbons (Fsp3) is 0.500. The molecule has 0 saturated carbocycles. The van der Waals surface area contributed by atoms with Crippen LogP contribution >= 0.6 is 0 Å². The van der Waals surface area contributed by atoms with E-state index >= 15 is 0 Å². The number of alkyl halides is 2. The van der Waals surface area contributed by atoms with E-state index in [0.717, 1.165) is 4.57 Å². The number of esters is 1. The molecule has 1 heterocycles. The molecule has 1 unspecified atom stereocenters. The van der Waals surface area contributed by atoms with Crippen molar-refractivity contribution in [1.29, 1.82) is 0 Å². The Bertz CT molecular complexity index is 419. The summed E-state index contributed by atoms with van der Waals surface area (Å²) in [5.41, 5.74) is 0. The molecule has 1 aromatic heterocycles. The Morgan fingerprint density at radius 3 is 2.75 bits per heavy atom. The van der Waals surface area contributed by atoms with E-state index in [9.17, 15) is 17.8 Å². The summed E-state index contributed by atoms with van der Waals surface area (Å²) in [6, 6.07) is 0. The maximum absolute atomic E-state index is 13.3. The average molecular weight is 252 g/mol. The zero-order chi connectivity index (χ0) is 12.3. The van der Waals surface area contributed by atoms with Crippen LogP contribution in [0.3, 0.4) is 0 Å². The number of hydrogen-bond donors (Lipinski definition) is 0. The monoisotopic (exact) mass is 252 g/mol. The van der Waals surface area contributed by atoms with Gasteiger partial charge in [0.15, 0.2) is 10.8 Å². The van der Waals surface area contributed by atoms with Crippen LogP contribution < -0.4 is 0 Å². The van der Waals surface area contributed by atoms with Gasteiger partial charge < -0.3 is 9.30 Å². The van der Waals surface area contributed by atoms with Gasteiger partial charge in [0.25, 0.3) is 0 Å². The van der Waals surface area contributed by atoms with E-state index in [2.05, 4.69) is 9.72 Å². The van der Waals surface area contributed by atoms with Crippen LogP contribution in [0.4, 0.5) is 8.78 Å². The third-order valence-electron chi connectivity index (χ3n) is 1.69. The van der Waals surface area contributed by atoms with Crippen LogP contribution in [0.25, 0.3) is 0 Å². The standard InChI is InChI=1S/C8H10F2N2O3S/c1-3-15-6(13)8(9,10)16(14)7-11-4-5-12(7)2/h4-5H,3H2,1-2H3. The molecular formula is C8H10F2N2O3S. The topological polar surface area (TPSA) is 61.2 Å². The van der Waals surface area contributed by atoms with E-state index in [1.54, 1.807) is 0 Å². The Balaban J connectivity index is 2.97. The highest BCUT2D eigenvalue weighted by Gasteiger charge is 2.49. The number of hydrogen-bond acceptors (Lipinski definition) is 4. The largest absolute Gasteiger partial charge is 0.461 e. The number of carbonyl (C=O) groups is 1. The van der Waals surface area contributed by atoms with Crippen molar-refractivity contribution in [3.8, 4) is 0 Å². The highest BCUT2D eigenvalue weighted by Crippen LogP contribution is 2.25. The van der Waals surface area contributed by atoms with Crippen molar-refractivity contribution < 1.29 is 22.5 Å². The molecule has 16 heavy (non-hydrogen) atoms. The SMILES string of the molecule is CCOC(=O)C(F)(F)S(=O)c1nccn1C. The summed E-state index contributed by atoms with van der Waals surface area (Å²) >= 11 is 0. The smallest absolute Gasteiger partial charge is 0.422 e. The lowest BCUT2D eigenvalue weighted by molar-refractivity contribution is -0.159. The second-order valence-electron chi connectivity index (χ2n) is 2.83. The molecule has 0 aliphatic carbocycles. The van der Waals surface area contributed by atoms with Gasteiger partial charge in [-0.2, -0.15) is 8.78 Å². The molecule has 0 aliphatic rings. The van der Waals surface area contributed by atoms with E-state index in [1.165, 1.54) is 26.4 Å². The van der Waals surface area contributed by atoms with E-state index in [-0.39, 0.29) is 11.8 Å². The van der Waals surface area contributed by atoms with Gasteiger partial charge in [-0.3, -0.25) is 0 Å². The fourth-order valence-electron chi connectivity index (χ4n) is 0.936. The third kappa shape index (κ3) is 2.26. The van der Waals surface area contributed by atoms with E-state index in [4.69, 9.17) is 0 Å². The lowest BCUT2D eigenvalue weighted by atomic mass is 10.7. The van der Waals surface area contributed by atoms with E-state index in [1.807, 2.05) is 0 Å². The highest BCUT2D eigenvalue weighted by atomic mass is 32.2. The van der Waals surface area contributed by atoms with Gasteiger partial charge in [0.05, 0.1) is 6.61 Å². The Labute approximate surface area is 92.9 Å². The zero-order valence-corrected chi connectivity index (χ0v) is 9.46. The predicted molar refractivity (Wildman–Crippen MR) is 51.2 cm³/mol. The van der Waals surface area contributed by atoms with Gasteiger partial charge >= 0.3 is 11.2 Å². The van der Waals surface area contributed by atoms with Crippen LogP contribution in [-0.4, -0.2) is 31.6 Å². The molecule has 1 aromatic rings. The number of imidazole rings is 1. The van der Waals surface area contributed by atoms with Crippen molar-refractivity contribution in [3.05, 3.63) is 12.4 Å². The van der Waals surface area contributed by atoms with Gasteiger partial charge in [0, 0.05) is 19.4 Å². The Morgan fingerprint density at radius 1 is 1.69 bits per heavy atom. The molecule has 5 nitrogen and oxygen atoms in total. The Kier molecular flexibility index (Phi) is 3.74. The van der Waals surface area contributed by atoms with Crippen molar-refractivity contribution >= 4 is 16.8 Å². The first kappa shape index (κ1) is 12.8. The first-order chi connectivity index (χ1) is 7.41. The number of halogens is 2. The summed E-state index contributed by atoms with van der Waals surface area (Å²) in [7, 11) is -1.46. The van der Waals surface area contributed by atoms with Crippen LogP contribution in [0.2, 0.25) is 0 Å². The van der Waals surface area contributed by atoms with Gasteiger partial charge in [-0.05, 0) is 6.92 Å². The fourth-order valence-corrected chi connectivity index (χ4v) is 1.85. The molecule has 0 spiro atoms. The molecular weight excluding hydrogens is 242 g/mol. The Morgan fingerprint density at radius 2 is 2.31 bits per heavy atom. The minimum absolute atomic E-state index is 0.202. The summed E-state index contributed by atoms with van der Waals surface area (Å²) in [6.07, 6.45) is 2.57. The summed E-state index contributed by atoms with van der Waals surface area (Å²) in [5.74, 6) is -1.81. The van der Waals surface area contributed by atoms with Crippen molar-refractivity contribution in [2.24, 2.45) is 7.05 Å². The van der Waals surface area contributed by atoms with Crippen LogP contribution in [0.1, 0.15) is 6.92 Å². The number of ether oxygens (including phenoxy) is 1. The summed E-state index contributed by atoms with van der Waals surface area (Å²) in [5, 5.41) is -4.46. The van der Waals surface area contributed by atoms with Crippen LogP contribution in [-0.2, 0) is 27.4 Å². The predicted octanol–water partition coefficient (Wildman–Crippen LogP) is 0.684. The van der Waals surface area contributed by atoms with Crippen molar-refractivity contribution in [1.82, 2.24) is 9.55 Å². The molecule has 90 valence electrons. The minimum Gasteiger partial charge on any atom is -0.461 e. The van der Waals surface area contributed by atoms with Crippen molar-refractivity contribution in [2.75, 3.05) is 6.61 Å². The normalized spacial score (nSPS) is 13.5. The van der Waals surface area contributed by atoms with Gasteiger partial charge in [-0.15, -0.1) is 0 Å². The summed E-state index contributed by atoms with van der Waals surface area (Å²) < 4.78 is 43.4. The molecule has 0 aliphatic heterocycles. The maximum atomic E-state index is 13.3. The number of rotatable bonds is 4. The van der Waals surface area contributed by atoms with Crippen LogP contribution in [0.15, 0.2) is 17.6 Å². The second-order valence-corrected chi connectivity index (χ2v) is 4.24. The van der Waals surface area contributed by atoms with Gasteiger partial charge in [0.2, 0.25) is 5.16 Å². The molecule has 0 radical (unpaired) electrons. The van der Waals surface area contributed by atoms with Gasteiger partial charge in [0.1, 0.15) is 0 Å². The molecule has 0 saturated heterocycles. The number of nitrogens with zero attached hydrogens (tertiary/aromatic N) is 2. The molecule has 8 heteroatoms. The Hall–Kier alpha value is -1.31. The molecule has 0 amide bonds. The number of aromatic nitrogens is 2. The average Bonchev–Trinajstić information content (AvgIpc) is 2.63. The number of aryl methyl sites for hydroxylation is 1. The van der Waals surface area contributed by atoms with Crippen molar-refractivity contribution in [3.63, 3.8) is 0 Å². The van der Waals surface area contributed by atoms with E-state index < -0.39 is 22.0 Å². The summed E-state index contributed by atoms with van der Waals surface area (Å²) in [6.45, 7) is 1.18. The first-order valence-electron chi connectivity index (χ1n) is 4.35. The van der Waals surface area contributed by atoms with Crippen LogP contribution in [0.5, 0.6) is 0 Å². The lowest BCUT2D eigenvalue weighted by Crippen LogP contribution is -2.36. The first-order valence-corrected chi connectivity index (χ1v) is 5.50. The lowest BCUT2D eigenvalue weighted by Gasteiger charge is -2.13. The van der Waals surface area contributed by atoms with Gasteiger partial charge in [-0.25, -0.2) is 14.0 Å². The second kappa shape index (κ2) is 4.69. The van der Waals surface area contributed by atoms with Crippen molar-refractivity contribution in [2.45, 2.75) is 17.3 Å². The van der Waals surface area contributed by atoms with Gasteiger partial charge in [-0.1, -0.05) is 0 Å².